The SMILES string of the molecule is COc1ccc(NC(=O)CN2CCC(OC)CC2CN)cc1.Cl. The molecular weight excluding hydrogens is 318 g/mol. The van der Waals surface area contributed by atoms with Crippen molar-refractivity contribution >= 4 is 24.0 Å². The molecule has 1 aromatic carbocycles. The van der Waals surface area contributed by atoms with Gasteiger partial charge in [-0.05, 0) is 37.1 Å². The van der Waals surface area contributed by atoms with Crippen LogP contribution in [0.3, 0.4) is 0 Å². The van der Waals surface area contributed by atoms with Crippen LogP contribution in [0.4, 0.5) is 5.69 Å². The first-order chi connectivity index (χ1) is 10.7. The molecule has 1 saturated heterocycles. The third-order valence-corrected chi connectivity index (χ3v) is 4.12. The second-order valence-electron chi connectivity index (χ2n) is 5.52. The number of benzene rings is 1. The quantitative estimate of drug-likeness (QED) is 0.818. The van der Waals surface area contributed by atoms with E-state index in [1.807, 2.05) is 24.3 Å². The molecule has 7 heteroatoms. The summed E-state index contributed by atoms with van der Waals surface area (Å²) >= 11 is 0. The number of likely N-dealkylation sites (tertiary alicyclic amines) is 1. The highest BCUT2D eigenvalue weighted by atomic mass is 35.5. The highest BCUT2D eigenvalue weighted by Crippen LogP contribution is 2.19. The smallest absolute Gasteiger partial charge is 0.238 e. The number of carbonyl (C=O) groups excluding carboxylic acids is 1. The zero-order valence-corrected chi connectivity index (χ0v) is 14.5. The Bertz CT molecular complexity index is 484. The number of amides is 1. The molecule has 2 rings (SSSR count). The molecular formula is C16H26ClN3O3. The van der Waals surface area contributed by atoms with Crippen molar-refractivity contribution in [3.63, 3.8) is 0 Å². The van der Waals surface area contributed by atoms with Crippen LogP contribution in [0, 0.1) is 0 Å². The number of hydrogen-bond donors (Lipinski definition) is 2. The van der Waals surface area contributed by atoms with Crippen molar-refractivity contribution in [2.75, 3.05) is 39.2 Å². The average Bonchev–Trinajstić information content (AvgIpc) is 2.55. The normalized spacial score (nSPS) is 21.3. The fourth-order valence-electron chi connectivity index (χ4n) is 2.79. The van der Waals surface area contributed by atoms with Crippen LogP contribution in [-0.2, 0) is 9.53 Å². The third kappa shape index (κ3) is 5.66. The van der Waals surface area contributed by atoms with Crippen LogP contribution in [0.5, 0.6) is 5.75 Å². The molecule has 0 saturated carbocycles. The number of rotatable bonds is 6. The highest BCUT2D eigenvalue weighted by Gasteiger charge is 2.28. The van der Waals surface area contributed by atoms with E-state index in [-0.39, 0.29) is 30.5 Å². The van der Waals surface area contributed by atoms with Crippen LogP contribution in [0.2, 0.25) is 0 Å². The Labute approximate surface area is 143 Å². The van der Waals surface area contributed by atoms with Gasteiger partial charge in [-0.2, -0.15) is 0 Å². The number of nitrogens with zero attached hydrogens (tertiary/aromatic N) is 1. The van der Waals surface area contributed by atoms with E-state index >= 15 is 0 Å². The highest BCUT2D eigenvalue weighted by molar-refractivity contribution is 5.92. The summed E-state index contributed by atoms with van der Waals surface area (Å²) in [6, 6.07) is 7.49. The lowest BCUT2D eigenvalue weighted by molar-refractivity contribution is -0.118. The summed E-state index contributed by atoms with van der Waals surface area (Å²) in [7, 11) is 3.34. The number of methoxy groups -OCH3 is 2. The summed E-state index contributed by atoms with van der Waals surface area (Å²) in [5.41, 5.74) is 6.59. The molecule has 1 fully saturated rings. The molecule has 2 unspecified atom stereocenters. The maximum atomic E-state index is 12.2. The molecule has 1 amide bonds. The molecule has 0 aliphatic carbocycles. The number of nitrogens with one attached hydrogen (secondary N) is 1. The standard InChI is InChI=1S/C16H25N3O3.ClH/c1-21-14-5-3-12(4-6-14)18-16(20)11-19-8-7-15(22-2)9-13(19)10-17;/h3-6,13,15H,7-11,17H2,1-2H3,(H,18,20);1H. The number of nitrogens with two attached hydrogens (primary N) is 1. The van der Waals surface area contributed by atoms with E-state index in [9.17, 15) is 4.79 Å². The summed E-state index contributed by atoms with van der Waals surface area (Å²) < 4.78 is 10.5. The van der Waals surface area contributed by atoms with Crippen LogP contribution in [0.25, 0.3) is 0 Å². The van der Waals surface area contributed by atoms with Gasteiger partial charge in [0, 0.05) is 31.9 Å². The Morgan fingerprint density at radius 2 is 2.04 bits per heavy atom. The van der Waals surface area contributed by atoms with E-state index < -0.39 is 0 Å². The molecule has 0 aromatic heterocycles. The maximum absolute atomic E-state index is 12.2. The molecule has 1 aliphatic heterocycles. The molecule has 23 heavy (non-hydrogen) atoms. The molecule has 130 valence electrons. The number of carbonyl (C=O) groups is 1. The molecule has 0 bridgehead atoms. The van der Waals surface area contributed by atoms with Crippen molar-refractivity contribution in [1.82, 2.24) is 4.90 Å². The fourth-order valence-corrected chi connectivity index (χ4v) is 2.79. The predicted octanol–water partition coefficient (Wildman–Crippen LogP) is 1.49. The van der Waals surface area contributed by atoms with E-state index in [4.69, 9.17) is 15.2 Å². The first kappa shape index (κ1) is 19.7. The van der Waals surface area contributed by atoms with Crippen molar-refractivity contribution in [3.05, 3.63) is 24.3 Å². The number of halogens is 1. The van der Waals surface area contributed by atoms with Crippen molar-refractivity contribution in [2.24, 2.45) is 5.73 Å². The van der Waals surface area contributed by atoms with Crippen LogP contribution in [0.15, 0.2) is 24.3 Å². The van der Waals surface area contributed by atoms with Crippen LogP contribution < -0.4 is 15.8 Å². The molecule has 1 heterocycles. The molecule has 1 aromatic rings. The molecule has 0 spiro atoms. The minimum Gasteiger partial charge on any atom is -0.497 e. The molecule has 6 nitrogen and oxygen atoms in total. The zero-order valence-electron chi connectivity index (χ0n) is 13.7. The molecule has 0 radical (unpaired) electrons. The molecule has 1 aliphatic rings. The van der Waals surface area contributed by atoms with Crippen molar-refractivity contribution in [2.45, 2.75) is 25.0 Å². The Kier molecular flexibility index (Phi) is 8.33. The Balaban J connectivity index is 0.00000264. The van der Waals surface area contributed by atoms with Crippen molar-refractivity contribution in [1.29, 1.82) is 0 Å². The lowest BCUT2D eigenvalue weighted by atomic mass is 9.99. The lowest BCUT2D eigenvalue weighted by Gasteiger charge is -2.37. The summed E-state index contributed by atoms with van der Waals surface area (Å²) in [5.74, 6) is 0.738. The fraction of sp³-hybridized carbons (Fsp3) is 0.562. The topological polar surface area (TPSA) is 76.8 Å². The van der Waals surface area contributed by atoms with Gasteiger partial charge in [0.25, 0.3) is 0 Å². The van der Waals surface area contributed by atoms with Crippen molar-refractivity contribution < 1.29 is 14.3 Å². The third-order valence-electron chi connectivity index (χ3n) is 4.12. The molecule has 3 N–H and O–H groups in total. The second kappa shape index (κ2) is 9.72. The zero-order chi connectivity index (χ0) is 15.9. The largest absolute Gasteiger partial charge is 0.497 e. The summed E-state index contributed by atoms with van der Waals surface area (Å²) in [5, 5.41) is 2.90. The summed E-state index contributed by atoms with van der Waals surface area (Å²) in [6.07, 6.45) is 2.06. The van der Waals surface area contributed by atoms with E-state index in [0.717, 1.165) is 30.8 Å². The average molecular weight is 344 g/mol. The van der Waals surface area contributed by atoms with Gasteiger partial charge in [-0.3, -0.25) is 9.69 Å². The van der Waals surface area contributed by atoms with E-state index in [0.29, 0.717) is 13.1 Å². The van der Waals surface area contributed by atoms with Gasteiger partial charge >= 0.3 is 0 Å². The van der Waals surface area contributed by atoms with Crippen LogP contribution in [0.1, 0.15) is 12.8 Å². The first-order valence-electron chi connectivity index (χ1n) is 7.57. The van der Waals surface area contributed by atoms with Gasteiger partial charge < -0.3 is 20.5 Å². The lowest BCUT2D eigenvalue weighted by Crippen LogP contribution is -2.50. The van der Waals surface area contributed by atoms with E-state index in [1.165, 1.54) is 0 Å². The Morgan fingerprint density at radius 3 is 2.61 bits per heavy atom. The van der Waals surface area contributed by atoms with Crippen LogP contribution >= 0.6 is 12.4 Å². The van der Waals surface area contributed by atoms with Gasteiger partial charge in [-0.1, -0.05) is 0 Å². The predicted molar refractivity (Wildman–Crippen MR) is 93.3 cm³/mol. The van der Waals surface area contributed by atoms with Gasteiger partial charge in [-0.25, -0.2) is 0 Å². The molecule has 2 atom stereocenters. The van der Waals surface area contributed by atoms with Gasteiger partial charge in [0.2, 0.25) is 5.91 Å². The monoisotopic (exact) mass is 343 g/mol. The Morgan fingerprint density at radius 1 is 1.35 bits per heavy atom. The first-order valence-corrected chi connectivity index (χ1v) is 7.57. The number of hydrogen-bond acceptors (Lipinski definition) is 5. The van der Waals surface area contributed by atoms with Crippen LogP contribution in [-0.4, -0.2) is 56.8 Å². The number of ether oxygens (including phenoxy) is 2. The summed E-state index contributed by atoms with van der Waals surface area (Å²) in [4.78, 5) is 14.3. The number of piperidine rings is 1. The van der Waals surface area contributed by atoms with Gasteiger partial charge in [0.15, 0.2) is 0 Å². The van der Waals surface area contributed by atoms with Gasteiger partial charge in [0.1, 0.15) is 5.75 Å². The maximum Gasteiger partial charge on any atom is 0.238 e. The number of anilines is 1. The van der Waals surface area contributed by atoms with E-state index in [1.54, 1.807) is 14.2 Å². The second-order valence-corrected chi connectivity index (χ2v) is 5.52. The van der Waals surface area contributed by atoms with E-state index in [2.05, 4.69) is 10.2 Å². The minimum absolute atomic E-state index is 0. The minimum atomic E-state index is -0.0283. The summed E-state index contributed by atoms with van der Waals surface area (Å²) in [6.45, 7) is 1.72. The van der Waals surface area contributed by atoms with Crippen molar-refractivity contribution in [3.8, 4) is 5.75 Å². The Hall–Kier alpha value is -1.34. The van der Waals surface area contributed by atoms with Gasteiger partial charge in [-0.15, -0.1) is 12.4 Å². The van der Waals surface area contributed by atoms with Gasteiger partial charge in [0.05, 0.1) is 19.8 Å².